The molecule has 0 fully saturated rings. The topological polar surface area (TPSA) is 89.3 Å². The summed E-state index contributed by atoms with van der Waals surface area (Å²) in [7, 11) is -3.70. The molecule has 6 heteroatoms. The summed E-state index contributed by atoms with van der Waals surface area (Å²) in [6, 6.07) is 15.7. The van der Waals surface area contributed by atoms with E-state index in [4.69, 9.17) is 5.14 Å². The summed E-state index contributed by atoms with van der Waals surface area (Å²) in [6.07, 6.45) is 0. The fourth-order valence-electron chi connectivity index (χ4n) is 2.19. The third-order valence-electron chi connectivity index (χ3n) is 3.77. The largest absolute Gasteiger partial charge is 0.351 e. The van der Waals surface area contributed by atoms with Crippen molar-refractivity contribution < 1.29 is 13.2 Å². The van der Waals surface area contributed by atoms with Crippen molar-refractivity contribution in [2.24, 2.45) is 5.14 Å². The molecule has 122 valence electrons. The maximum absolute atomic E-state index is 12.4. The molecule has 2 aromatic carbocycles. The van der Waals surface area contributed by atoms with Crippen LogP contribution in [0.25, 0.3) is 0 Å². The van der Waals surface area contributed by atoms with Crippen molar-refractivity contribution in [3.63, 3.8) is 0 Å². The molecule has 0 saturated heterocycles. The molecule has 0 aliphatic heterocycles. The molecule has 0 spiro atoms. The van der Waals surface area contributed by atoms with E-state index < -0.39 is 15.4 Å². The maximum atomic E-state index is 12.4. The van der Waals surface area contributed by atoms with E-state index in [1.165, 1.54) is 12.1 Å². The highest BCUT2D eigenvalue weighted by atomic mass is 32.2. The van der Waals surface area contributed by atoms with Gasteiger partial charge in [-0.05, 0) is 37.1 Å². The number of rotatable bonds is 5. The van der Waals surface area contributed by atoms with Crippen molar-refractivity contribution in [1.82, 2.24) is 5.32 Å². The van der Waals surface area contributed by atoms with Crippen molar-refractivity contribution in [3.05, 3.63) is 65.7 Å². The first-order valence-corrected chi connectivity index (χ1v) is 8.71. The fraction of sp³-hybridized carbons (Fsp3) is 0.235. The summed E-state index contributed by atoms with van der Waals surface area (Å²) in [6.45, 7) is 4.05. The Labute approximate surface area is 136 Å². The van der Waals surface area contributed by atoms with Crippen LogP contribution in [0.1, 0.15) is 25.0 Å². The average Bonchev–Trinajstić information content (AvgIpc) is 2.53. The average molecular weight is 332 g/mol. The Morgan fingerprint density at radius 1 is 1.04 bits per heavy atom. The molecule has 2 aromatic rings. The van der Waals surface area contributed by atoms with Crippen LogP contribution < -0.4 is 10.5 Å². The van der Waals surface area contributed by atoms with Crippen LogP contribution in [0.3, 0.4) is 0 Å². The van der Waals surface area contributed by atoms with E-state index in [2.05, 4.69) is 5.32 Å². The zero-order valence-electron chi connectivity index (χ0n) is 13.1. The third kappa shape index (κ3) is 4.18. The standard InChI is InChI=1S/C17H20N2O3S/c1-17(2,14-6-4-3-5-7-14)16(20)19-12-13-8-10-15(11-9-13)23(18,21)22/h3-11H,12H2,1-2H3,(H,19,20)(H2,18,21,22). The Balaban J connectivity index is 2.04. The summed E-state index contributed by atoms with van der Waals surface area (Å²) in [4.78, 5) is 12.5. The Bertz CT molecular complexity index is 782. The van der Waals surface area contributed by atoms with Crippen LogP contribution in [0.4, 0.5) is 0 Å². The molecular weight excluding hydrogens is 312 g/mol. The van der Waals surface area contributed by atoms with Crippen LogP contribution in [-0.2, 0) is 26.8 Å². The lowest BCUT2D eigenvalue weighted by molar-refractivity contribution is -0.125. The van der Waals surface area contributed by atoms with E-state index in [1.54, 1.807) is 12.1 Å². The Hall–Kier alpha value is -2.18. The fourth-order valence-corrected chi connectivity index (χ4v) is 2.70. The number of carbonyl (C=O) groups excluding carboxylic acids is 1. The summed E-state index contributed by atoms with van der Waals surface area (Å²) in [5.74, 6) is -0.0979. The zero-order chi connectivity index (χ0) is 17.1. The molecule has 0 aromatic heterocycles. The van der Waals surface area contributed by atoms with Gasteiger partial charge in [0, 0.05) is 6.54 Å². The van der Waals surface area contributed by atoms with E-state index in [1.807, 2.05) is 44.2 Å². The van der Waals surface area contributed by atoms with Gasteiger partial charge in [0.15, 0.2) is 0 Å². The minimum absolute atomic E-state index is 0.0530. The van der Waals surface area contributed by atoms with Crippen molar-refractivity contribution >= 4 is 15.9 Å². The highest BCUT2D eigenvalue weighted by Crippen LogP contribution is 2.23. The molecule has 5 nitrogen and oxygen atoms in total. The van der Waals surface area contributed by atoms with E-state index in [0.717, 1.165) is 11.1 Å². The van der Waals surface area contributed by atoms with Crippen LogP contribution in [0.15, 0.2) is 59.5 Å². The molecule has 0 bridgehead atoms. The van der Waals surface area contributed by atoms with Gasteiger partial charge in [-0.3, -0.25) is 4.79 Å². The summed E-state index contributed by atoms with van der Waals surface area (Å²) in [5, 5.41) is 7.93. The first-order chi connectivity index (χ1) is 10.7. The predicted octanol–water partition coefficient (Wildman–Crippen LogP) is 1.93. The lowest BCUT2D eigenvalue weighted by Gasteiger charge is -2.24. The van der Waals surface area contributed by atoms with Gasteiger partial charge in [0.05, 0.1) is 10.3 Å². The highest BCUT2D eigenvalue weighted by molar-refractivity contribution is 7.89. The van der Waals surface area contributed by atoms with Crippen LogP contribution in [0, 0.1) is 0 Å². The van der Waals surface area contributed by atoms with Crippen molar-refractivity contribution in [2.75, 3.05) is 0 Å². The number of nitrogens with two attached hydrogens (primary N) is 1. The number of sulfonamides is 1. The SMILES string of the molecule is CC(C)(C(=O)NCc1ccc(S(N)(=O)=O)cc1)c1ccccc1. The zero-order valence-corrected chi connectivity index (χ0v) is 13.9. The first-order valence-electron chi connectivity index (χ1n) is 7.17. The smallest absolute Gasteiger partial charge is 0.238 e. The van der Waals surface area contributed by atoms with Crippen LogP contribution in [0.2, 0.25) is 0 Å². The first kappa shape index (κ1) is 17.2. The minimum Gasteiger partial charge on any atom is -0.351 e. The van der Waals surface area contributed by atoms with E-state index in [-0.39, 0.29) is 10.8 Å². The van der Waals surface area contributed by atoms with Gasteiger partial charge in [0.2, 0.25) is 15.9 Å². The van der Waals surface area contributed by atoms with Gasteiger partial charge in [-0.2, -0.15) is 0 Å². The monoisotopic (exact) mass is 332 g/mol. The van der Waals surface area contributed by atoms with Gasteiger partial charge in [0.1, 0.15) is 0 Å². The number of carbonyl (C=O) groups is 1. The molecule has 0 unspecified atom stereocenters. The minimum atomic E-state index is -3.70. The Morgan fingerprint density at radius 3 is 2.13 bits per heavy atom. The van der Waals surface area contributed by atoms with Gasteiger partial charge in [-0.25, -0.2) is 13.6 Å². The molecule has 0 aliphatic carbocycles. The lowest BCUT2D eigenvalue weighted by Crippen LogP contribution is -2.39. The van der Waals surface area contributed by atoms with E-state index >= 15 is 0 Å². The van der Waals surface area contributed by atoms with E-state index in [9.17, 15) is 13.2 Å². The molecule has 0 aliphatic rings. The van der Waals surface area contributed by atoms with Crippen LogP contribution in [0.5, 0.6) is 0 Å². The van der Waals surface area contributed by atoms with Crippen molar-refractivity contribution in [3.8, 4) is 0 Å². The van der Waals surface area contributed by atoms with Crippen LogP contribution in [-0.4, -0.2) is 14.3 Å². The number of nitrogens with one attached hydrogen (secondary N) is 1. The lowest BCUT2D eigenvalue weighted by atomic mass is 9.84. The van der Waals surface area contributed by atoms with Gasteiger partial charge in [-0.1, -0.05) is 42.5 Å². The summed E-state index contributed by atoms with van der Waals surface area (Å²) < 4.78 is 22.4. The number of benzene rings is 2. The maximum Gasteiger partial charge on any atom is 0.238 e. The van der Waals surface area contributed by atoms with Gasteiger partial charge >= 0.3 is 0 Å². The molecule has 23 heavy (non-hydrogen) atoms. The molecular formula is C17H20N2O3S. The quantitative estimate of drug-likeness (QED) is 0.876. The second-order valence-electron chi connectivity index (χ2n) is 5.86. The molecule has 0 heterocycles. The van der Waals surface area contributed by atoms with Crippen molar-refractivity contribution in [1.29, 1.82) is 0 Å². The van der Waals surface area contributed by atoms with Gasteiger partial charge in [-0.15, -0.1) is 0 Å². The van der Waals surface area contributed by atoms with Crippen LogP contribution >= 0.6 is 0 Å². The van der Waals surface area contributed by atoms with Crippen molar-refractivity contribution in [2.45, 2.75) is 30.7 Å². The number of hydrogen-bond acceptors (Lipinski definition) is 3. The number of amides is 1. The molecule has 1 amide bonds. The summed E-state index contributed by atoms with van der Waals surface area (Å²) in [5.41, 5.74) is 1.08. The van der Waals surface area contributed by atoms with Gasteiger partial charge < -0.3 is 5.32 Å². The predicted molar refractivity (Wildman–Crippen MR) is 89.1 cm³/mol. The third-order valence-corrected chi connectivity index (χ3v) is 4.70. The molecule has 2 rings (SSSR count). The van der Waals surface area contributed by atoms with Gasteiger partial charge in [0.25, 0.3) is 0 Å². The molecule has 3 N–H and O–H groups in total. The van der Waals surface area contributed by atoms with E-state index in [0.29, 0.717) is 6.54 Å². The second kappa shape index (κ2) is 6.52. The Morgan fingerprint density at radius 2 is 1.61 bits per heavy atom. The Kier molecular flexibility index (Phi) is 4.87. The number of hydrogen-bond donors (Lipinski definition) is 2. The normalized spacial score (nSPS) is 12.0. The number of primary sulfonamides is 1. The highest BCUT2D eigenvalue weighted by Gasteiger charge is 2.29. The second-order valence-corrected chi connectivity index (χ2v) is 7.42. The summed E-state index contributed by atoms with van der Waals surface area (Å²) >= 11 is 0. The molecule has 0 radical (unpaired) electrons. The molecule has 0 saturated carbocycles. The molecule has 0 atom stereocenters.